The number of hydrogen-bond acceptors (Lipinski definition) is 3. The summed E-state index contributed by atoms with van der Waals surface area (Å²) in [7, 11) is 1.27. The number of likely N-dealkylation sites (N-methyl/N-ethyl adjacent to an activating group) is 1. The van der Waals surface area contributed by atoms with E-state index in [0.29, 0.717) is 5.06 Å². The summed E-state index contributed by atoms with van der Waals surface area (Å²) < 4.78 is 0. The molecule has 1 heterocycles. The molecule has 4 heteroatoms. The van der Waals surface area contributed by atoms with Crippen LogP contribution in [0.5, 0.6) is 0 Å². The van der Waals surface area contributed by atoms with Crippen LogP contribution < -0.4 is 0 Å². The van der Waals surface area contributed by atoms with Gasteiger partial charge in [0, 0.05) is 25.5 Å². The van der Waals surface area contributed by atoms with Crippen molar-refractivity contribution < 1.29 is 10.0 Å². The molecule has 1 N–H and O–H groups in total. The number of nitrogens with zero attached hydrogens (tertiary/aromatic N) is 2. The summed E-state index contributed by atoms with van der Waals surface area (Å²) in [6, 6.07) is 3.58. The monoisotopic (exact) mass is 178 g/mol. The number of amides is 1. The first-order valence-electron chi connectivity index (χ1n) is 3.75. The molecule has 13 heavy (non-hydrogen) atoms. The lowest BCUT2D eigenvalue weighted by molar-refractivity contribution is -0.153. The molecule has 1 rings (SSSR count). The Labute approximate surface area is 76.1 Å². The van der Waals surface area contributed by atoms with Gasteiger partial charge in [0.25, 0.3) is 5.91 Å². The molecule has 0 saturated heterocycles. The second-order valence-electron chi connectivity index (χ2n) is 2.48. The van der Waals surface area contributed by atoms with Crippen LogP contribution in [0.3, 0.4) is 0 Å². The highest BCUT2D eigenvalue weighted by atomic mass is 16.5. The van der Waals surface area contributed by atoms with Gasteiger partial charge in [-0.05, 0) is 17.7 Å². The van der Waals surface area contributed by atoms with E-state index in [4.69, 9.17) is 5.21 Å². The quantitative estimate of drug-likeness (QED) is 0.416. The average Bonchev–Trinajstić information content (AvgIpc) is 2.15. The van der Waals surface area contributed by atoms with Crippen LogP contribution in [0.15, 0.2) is 30.6 Å². The van der Waals surface area contributed by atoms with Crippen molar-refractivity contribution in [2.75, 3.05) is 7.05 Å². The minimum absolute atomic E-state index is 0.469. The van der Waals surface area contributed by atoms with E-state index in [-0.39, 0.29) is 0 Å². The van der Waals surface area contributed by atoms with E-state index in [0.717, 1.165) is 5.56 Å². The van der Waals surface area contributed by atoms with E-state index in [1.165, 1.54) is 13.1 Å². The molecule has 0 saturated carbocycles. The summed E-state index contributed by atoms with van der Waals surface area (Å²) in [4.78, 5) is 14.8. The van der Waals surface area contributed by atoms with Gasteiger partial charge in [0.2, 0.25) is 0 Å². The highest BCUT2D eigenvalue weighted by Crippen LogP contribution is 1.98. The van der Waals surface area contributed by atoms with Gasteiger partial charge in [-0.3, -0.25) is 15.0 Å². The number of carbonyl (C=O) groups is 1. The van der Waals surface area contributed by atoms with Crippen LogP contribution in [0.2, 0.25) is 0 Å². The fourth-order valence-electron chi connectivity index (χ4n) is 0.750. The molecule has 0 radical (unpaired) electrons. The van der Waals surface area contributed by atoms with Gasteiger partial charge in [-0.15, -0.1) is 0 Å². The predicted molar refractivity (Wildman–Crippen MR) is 47.8 cm³/mol. The van der Waals surface area contributed by atoms with Crippen LogP contribution >= 0.6 is 0 Å². The first-order chi connectivity index (χ1) is 6.20. The van der Waals surface area contributed by atoms with Gasteiger partial charge < -0.3 is 0 Å². The molecule has 0 aromatic carbocycles. The maximum Gasteiger partial charge on any atom is 0.269 e. The molecule has 0 aliphatic heterocycles. The Balaban J connectivity index is 2.64. The maximum absolute atomic E-state index is 10.9. The van der Waals surface area contributed by atoms with E-state index < -0.39 is 5.91 Å². The zero-order chi connectivity index (χ0) is 9.68. The molecule has 0 aliphatic carbocycles. The van der Waals surface area contributed by atoms with Crippen LogP contribution in [0.1, 0.15) is 5.56 Å². The molecule has 0 spiro atoms. The van der Waals surface area contributed by atoms with Crippen LogP contribution in [-0.2, 0) is 4.79 Å². The molecule has 0 atom stereocenters. The Morgan fingerprint density at radius 3 is 3.00 bits per heavy atom. The van der Waals surface area contributed by atoms with Crippen molar-refractivity contribution in [2.24, 2.45) is 0 Å². The Hall–Kier alpha value is -1.68. The molecular weight excluding hydrogens is 168 g/mol. The predicted octanol–water partition coefficient (Wildman–Crippen LogP) is 0.942. The van der Waals surface area contributed by atoms with Gasteiger partial charge in [-0.25, -0.2) is 5.06 Å². The normalized spacial score (nSPS) is 10.3. The second kappa shape index (κ2) is 4.37. The van der Waals surface area contributed by atoms with Crippen LogP contribution in [0.4, 0.5) is 0 Å². The summed E-state index contributed by atoms with van der Waals surface area (Å²) in [6.07, 6.45) is 6.14. The van der Waals surface area contributed by atoms with Gasteiger partial charge in [0.05, 0.1) is 0 Å². The minimum atomic E-state index is -0.469. The van der Waals surface area contributed by atoms with Gasteiger partial charge in [-0.2, -0.15) is 0 Å². The lowest BCUT2D eigenvalue weighted by Gasteiger charge is -2.02. The molecule has 0 fully saturated rings. The standard InChI is InChI=1S/C9H10N2O2/c1-11(13)9(12)5-4-8-3-2-6-10-7-8/h2-7,13H,1H3/b5-4+. The zero-order valence-electron chi connectivity index (χ0n) is 7.21. The van der Waals surface area contributed by atoms with E-state index in [2.05, 4.69) is 4.98 Å². The van der Waals surface area contributed by atoms with E-state index in [1.54, 1.807) is 24.5 Å². The molecule has 1 amide bonds. The number of pyridine rings is 1. The van der Waals surface area contributed by atoms with E-state index in [9.17, 15) is 4.79 Å². The van der Waals surface area contributed by atoms with Crippen molar-refractivity contribution >= 4 is 12.0 Å². The van der Waals surface area contributed by atoms with Crippen molar-refractivity contribution in [3.63, 3.8) is 0 Å². The number of aromatic nitrogens is 1. The Morgan fingerprint density at radius 1 is 1.69 bits per heavy atom. The number of hydroxylamine groups is 2. The molecule has 0 aliphatic rings. The molecule has 1 aromatic rings. The van der Waals surface area contributed by atoms with Crippen molar-refractivity contribution in [1.82, 2.24) is 10.0 Å². The summed E-state index contributed by atoms with van der Waals surface area (Å²) in [6.45, 7) is 0. The fraction of sp³-hybridized carbons (Fsp3) is 0.111. The topological polar surface area (TPSA) is 53.4 Å². The lowest BCUT2D eigenvalue weighted by Crippen LogP contribution is -2.19. The molecule has 68 valence electrons. The summed E-state index contributed by atoms with van der Waals surface area (Å²) >= 11 is 0. The molecular formula is C9H10N2O2. The van der Waals surface area contributed by atoms with E-state index in [1.807, 2.05) is 6.07 Å². The Kier molecular flexibility index (Phi) is 3.16. The van der Waals surface area contributed by atoms with Gasteiger partial charge >= 0.3 is 0 Å². The molecule has 4 nitrogen and oxygen atoms in total. The van der Waals surface area contributed by atoms with Crippen LogP contribution in [-0.4, -0.2) is 28.2 Å². The highest BCUT2D eigenvalue weighted by Gasteiger charge is 1.97. The number of rotatable bonds is 2. The van der Waals surface area contributed by atoms with Crippen molar-refractivity contribution in [2.45, 2.75) is 0 Å². The third-order valence-electron chi connectivity index (χ3n) is 1.42. The van der Waals surface area contributed by atoms with Gasteiger partial charge in [-0.1, -0.05) is 6.07 Å². The minimum Gasteiger partial charge on any atom is -0.286 e. The van der Waals surface area contributed by atoms with Crippen molar-refractivity contribution in [1.29, 1.82) is 0 Å². The number of carbonyl (C=O) groups excluding carboxylic acids is 1. The SMILES string of the molecule is CN(O)C(=O)/C=C/c1cccnc1. The fourth-order valence-corrected chi connectivity index (χ4v) is 0.750. The van der Waals surface area contributed by atoms with Gasteiger partial charge in [0.1, 0.15) is 0 Å². The van der Waals surface area contributed by atoms with Gasteiger partial charge in [0.15, 0.2) is 0 Å². The lowest BCUT2D eigenvalue weighted by atomic mass is 10.2. The first kappa shape index (κ1) is 9.41. The highest BCUT2D eigenvalue weighted by molar-refractivity contribution is 5.90. The zero-order valence-corrected chi connectivity index (χ0v) is 7.21. The third kappa shape index (κ3) is 3.04. The molecule has 0 bridgehead atoms. The third-order valence-corrected chi connectivity index (χ3v) is 1.42. The molecule has 0 unspecified atom stereocenters. The average molecular weight is 178 g/mol. The summed E-state index contributed by atoms with van der Waals surface area (Å²) in [5, 5.41) is 9.24. The number of hydrogen-bond donors (Lipinski definition) is 1. The summed E-state index contributed by atoms with van der Waals surface area (Å²) in [5.41, 5.74) is 0.817. The van der Waals surface area contributed by atoms with Crippen LogP contribution in [0.25, 0.3) is 6.08 Å². The van der Waals surface area contributed by atoms with E-state index >= 15 is 0 Å². The van der Waals surface area contributed by atoms with Crippen LogP contribution in [0, 0.1) is 0 Å². The molecule has 1 aromatic heterocycles. The second-order valence-corrected chi connectivity index (χ2v) is 2.48. The smallest absolute Gasteiger partial charge is 0.269 e. The maximum atomic E-state index is 10.9. The summed E-state index contributed by atoms with van der Waals surface area (Å²) in [5.74, 6) is -0.469. The van der Waals surface area contributed by atoms with Crippen molar-refractivity contribution in [3.05, 3.63) is 36.2 Å². The Bertz CT molecular complexity index is 307. The largest absolute Gasteiger partial charge is 0.286 e. The Morgan fingerprint density at radius 2 is 2.46 bits per heavy atom. The van der Waals surface area contributed by atoms with Crippen molar-refractivity contribution in [3.8, 4) is 0 Å². The first-order valence-corrected chi connectivity index (χ1v) is 3.75.